The normalized spacial score (nSPS) is 8.43. The average molecular weight is 360 g/mol. The number of nitrogens with zero attached hydrogens (tertiary/aromatic N) is 1. The van der Waals surface area contributed by atoms with E-state index in [2.05, 4.69) is 37.9 Å². The number of hydrogen-bond acceptors (Lipinski definition) is 1. The van der Waals surface area contributed by atoms with E-state index in [1.165, 1.54) is 5.56 Å². The molecule has 0 unspecified atom stereocenters. The van der Waals surface area contributed by atoms with Gasteiger partial charge in [-0.3, -0.25) is 0 Å². The van der Waals surface area contributed by atoms with Crippen molar-refractivity contribution in [2.45, 2.75) is 13.5 Å². The zero-order valence-electron chi connectivity index (χ0n) is 11.8. The van der Waals surface area contributed by atoms with Crippen LogP contribution in [0.5, 0.6) is 0 Å². The minimum atomic E-state index is 0. The van der Waals surface area contributed by atoms with Crippen LogP contribution in [-0.4, -0.2) is 15.8 Å². The second kappa shape index (κ2) is 15.6. The number of rotatable bonds is 3. The molecule has 2 nitrogen and oxygen atoms in total. The van der Waals surface area contributed by atoms with Gasteiger partial charge in [0.05, 0.1) is 0 Å². The fraction of sp³-hybridized carbons (Fsp3) is 0.188. The minimum Gasteiger partial charge on any atom is -0.214 e. The summed E-state index contributed by atoms with van der Waals surface area (Å²) in [7, 11) is 0. The first kappa shape index (κ1) is 22.5. The van der Waals surface area contributed by atoms with Crippen molar-refractivity contribution in [2.24, 2.45) is 0 Å². The first-order valence-electron chi connectivity index (χ1n) is 6.13. The number of thiol groups is 1. The molecule has 2 aromatic rings. The van der Waals surface area contributed by atoms with Gasteiger partial charge in [0.2, 0.25) is 0 Å². The maximum atomic E-state index is 7.50. The van der Waals surface area contributed by atoms with E-state index in [4.69, 9.17) is 17.3 Å². The smallest absolute Gasteiger partial charge is 0 e. The Bertz CT molecular complexity index is 454. The van der Waals surface area contributed by atoms with E-state index in [1.54, 1.807) is 0 Å². The molecule has 0 aliphatic carbocycles. The molecular formula is C16H18FeNOS2-. The molecule has 2 aromatic carbocycles. The second-order valence-electron chi connectivity index (χ2n) is 3.74. The van der Waals surface area contributed by atoms with Crippen LogP contribution in [0.25, 0.3) is 0 Å². The van der Waals surface area contributed by atoms with Crippen molar-refractivity contribution in [3.8, 4) is 0 Å². The SMILES string of the molecule is CCN(Cc1ccccc1)C([S-])=[SH+].[C-]#[O+].[Fe].c1cc[cH-]c1. The zero-order chi connectivity index (χ0) is 15.2. The Balaban J connectivity index is 0. The molecule has 21 heavy (non-hydrogen) atoms. The van der Waals surface area contributed by atoms with Crippen molar-refractivity contribution in [3.63, 3.8) is 0 Å². The van der Waals surface area contributed by atoms with Gasteiger partial charge in [0.15, 0.2) is 0 Å². The fourth-order valence-electron chi connectivity index (χ4n) is 1.44. The number of hydrogen-bond donors (Lipinski definition) is 0. The fourth-order valence-corrected chi connectivity index (χ4v) is 1.85. The Morgan fingerprint density at radius 1 is 1.19 bits per heavy atom. The Morgan fingerprint density at radius 3 is 2.05 bits per heavy atom. The summed E-state index contributed by atoms with van der Waals surface area (Å²) in [6, 6.07) is 20.3. The Hall–Kier alpha value is -0.771. The van der Waals surface area contributed by atoms with Crippen molar-refractivity contribution in [1.29, 1.82) is 0 Å². The van der Waals surface area contributed by atoms with Crippen molar-refractivity contribution >= 4 is 29.2 Å². The molecule has 0 radical (unpaired) electrons. The zero-order valence-corrected chi connectivity index (χ0v) is 14.6. The molecule has 0 bridgehead atoms. The molecule has 0 N–H and O–H groups in total. The van der Waals surface area contributed by atoms with E-state index < -0.39 is 0 Å². The monoisotopic (exact) mass is 360 g/mol. The van der Waals surface area contributed by atoms with Crippen molar-refractivity contribution in [1.82, 2.24) is 4.90 Å². The summed E-state index contributed by atoms with van der Waals surface area (Å²) in [5.74, 6) is 0. The van der Waals surface area contributed by atoms with Crippen LogP contribution >= 0.6 is 0 Å². The van der Waals surface area contributed by atoms with E-state index in [-0.39, 0.29) is 17.1 Å². The Labute approximate surface area is 148 Å². The molecule has 0 heterocycles. The molecule has 5 heteroatoms. The van der Waals surface area contributed by atoms with E-state index in [0.717, 1.165) is 13.1 Å². The van der Waals surface area contributed by atoms with Gasteiger partial charge >= 0.3 is 11.3 Å². The van der Waals surface area contributed by atoms with Gasteiger partial charge < -0.3 is 12.6 Å². The summed E-state index contributed by atoms with van der Waals surface area (Å²) in [5.41, 5.74) is 1.26. The molecule has 0 amide bonds. The number of benzene rings is 1. The molecule has 0 saturated carbocycles. The molecule has 0 atom stereocenters. The Morgan fingerprint density at radius 2 is 1.71 bits per heavy atom. The predicted octanol–water partition coefficient (Wildman–Crippen LogP) is 2.79. The largest absolute Gasteiger partial charge is 0.214 e. The van der Waals surface area contributed by atoms with Gasteiger partial charge in [-0.25, -0.2) is 17.0 Å². The van der Waals surface area contributed by atoms with Crippen LogP contribution in [0.15, 0.2) is 60.7 Å². The predicted molar refractivity (Wildman–Crippen MR) is 89.6 cm³/mol. The van der Waals surface area contributed by atoms with Crippen molar-refractivity contribution < 1.29 is 21.7 Å². The third-order valence-electron chi connectivity index (χ3n) is 2.42. The van der Waals surface area contributed by atoms with Crippen LogP contribution in [0.1, 0.15) is 12.5 Å². The van der Waals surface area contributed by atoms with Crippen LogP contribution in [0.3, 0.4) is 0 Å². The van der Waals surface area contributed by atoms with E-state index in [9.17, 15) is 0 Å². The van der Waals surface area contributed by atoms with Gasteiger partial charge in [-0.15, -0.1) is 0 Å². The summed E-state index contributed by atoms with van der Waals surface area (Å²) < 4.78 is 8.16. The topological polar surface area (TPSA) is 23.1 Å². The molecule has 0 aliphatic rings. The third kappa shape index (κ3) is 11.6. The van der Waals surface area contributed by atoms with E-state index >= 15 is 0 Å². The average Bonchev–Trinajstić information content (AvgIpc) is 3.07. The molecular weight excluding hydrogens is 342 g/mol. The van der Waals surface area contributed by atoms with Gasteiger partial charge in [-0.1, -0.05) is 37.3 Å². The van der Waals surface area contributed by atoms with Crippen LogP contribution in [-0.2, 0) is 53.1 Å². The molecule has 0 saturated heterocycles. The van der Waals surface area contributed by atoms with Gasteiger partial charge in [-0.05, 0) is 5.56 Å². The van der Waals surface area contributed by atoms with Gasteiger partial charge in [0.1, 0.15) is 16.5 Å². The molecule has 114 valence electrons. The van der Waals surface area contributed by atoms with Crippen LogP contribution < -0.4 is 0 Å². The van der Waals surface area contributed by atoms with Gasteiger partial charge in [0.25, 0.3) is 0 Å². The summed E-state index contributed by atoms with van der Waals surface area (Å²) >= 11 is 9.17. The quantitative estimate of drug-likeness (QED) is 0.210. The van der Waals surface area contributed by atoms with E-state index in [0.29, 0.717) is 4.32 Å². The van der Waals surface area contributed by atoms with Crippen molar-refractivity contribution in [2.75, 3.05) is 6.54 Å². The maximum Gasteiger partial charge on any atom is 0 e. The summed E-state index contributed by atoms with van der Waals surface area (Å²) in [6.07, 6.45) is 0. The van der Waals surface area contributed by atoms with Gasteiger partial charge in [-0.2, -0.15) is 18.2 Å². The van der Waals surface area contributed by atoms with Crippen LogP contribution in [0, 0.1) is 6.65 Å². The van der Waals surface area contributed by atoms with Crippen LogP contribution in [0.4, 0.5) is 0 Å². The van der Waals surface area contributed by atoms with Crippen LogP contribution in [0.2, 0.25) is 0 Å². The Kier molecular flexibility index (Phi) is 16.7. The van der Waals surface area contributed by atoms with Gasteiger partial charge in [0, 0.05) is 30.2 Å². The third-order valence-corrected chi connectivity index (χ3v) is 2.97. The second-order valence-corrected chi connectivity index (χ2v) is 4.86. The summed E-state index contributed by atoms with van der Waals surface area (Å²) in [6.45, 7) is 8.32. The maximum absolute atomic E-state index is 7.50. The molecule has 0 aliphatic heterocycles. The standard InChI is InChI=1S/C10H13NS2.C5H5.CO.Fe/c1-2-11(10(12)13)8-9-6-4-3-5-7-9;1-2-4-5-3-1;1-2;/h3-7H,2,8H2,1H3,(H,12,13);1-5H;;/q;-1;;. The molecule has 0 fully saturated rings. The molecule has 0 spiro atoms. The molecule has 2 rings (SSSR count). The summed E-state index contributed by atoms with van der Waals surface area (Å²) in [5, 5.41) is 0. The minimum absolute atomic E-state index is 0. The first-order valence-corrected chi connectivity index (χ1v) is 6.98. The first-order chi connectivity index (χ1) is 9.74. The van der Waals surface area contributed by atoms with Crippen molar-refractivity contribution in [3.05, 3.63) is 72.9 Å². The molecule has 0 aromatic heterocycles. The summed E-state index contributed by atoms with van der Waals surface area (Å²) in [4.78, 5) is 2.05. The van der Waals surface area contributed by atoms with E-state index in [1.807, 2.05) is 53.4 Å².